The van der Waals surface area contributed by atoms with Crippen LogP contribution in [0.15, 0.2) is 54.7 Å². The number of aromatic nitrogens is 2. The minimum absolute atomic E-state index is 0.245. The average Bonchev–Trinajstić information content (AvgIpc) is 3.08. The molecule has 0 aliphatic carbocycles. The van der Waals surface area contributed by atoms with Crippen LogP contribution in [0.25, 0.3) is 5.69 Å². The van der Waals surface area contributed by atoms with Crippen molar-refractivity contribution in [2.75, 3.05) is 14.2 Å². The standard InChI is InChI=1S/C21H20F3N3O2/c1-14-19(20(28)26(2)13-15-7-9-18(29-3)10-8-15)12-25-27(14)17-6-4-5-16(11-17)21(22,23)24/h4-12H,13H2,1-3H3. The van der Waals surface area contributed by atoms with Gasteiger partial charge in [-0.2, -0.15) is 18.3 Å². The van der Waals surface area contributed by atoms with E-state index >= 15 is 0 Å². The molecule has 3 aromatic rings. The molecule has 1 heterocycles. The second-order valence-electron chi connectivity index (χ2n) is 6.61. The van der Waals surface area contributed by atoms with E-state index in [1.54, 1.807) is 21.1 Å². The van der Waals surface area contributed by atoms with E-state index < -0.39 is 11.7 Å². The van der Waals surface area contributed by atoms with Crippen molar-refractivity contribution in [3.8, 4) is 11.4 Å². The lowest BCUT2D eigenvalue weighted by atomic mass is 10.1. The Labute approximate surface area is 166 Å². The van der Waals surface area contributed by atoms with Crippen LogP contribution >= 0.6 is 0 Å². The maximum atomic E-state index is 13.0. The van der Waals surface area contributed by atoms with Crippen LogP contribution in [0.1, 0.15) is 27.2 Å². The molecule has 0 aliphatic rings. The normalized spacial score (nSPS) is 11.4. The quantitative estimate of drug-likeness (QED) is 0.631. The van der Waals surface area contributed by atoms with Gasteiger partial charge in [-0.15, -0.1) is 0 Å². The zero-order valence-electron chi connectivity index (χ0n) is 16.2. The molecule has 1 amide bonds. The fraction of sp³-hybridized carbons (Fsp3) is 0.238. The molecule has 5 nitrogen and oxygen atoms in total. The lowest BCUT2D eigenvalue weighted by molar-refractivity contribution is -0.137. The van der Waals surface area contributed by atoms with E-state index in [-0.39, 0.29) is 11.6 Å². The molecule has 152 valence electrons. The Morgan fingerprint density at radius 3 is 2.48 bits per heavy atom. The van der Waals surface area contributed by atoms with E-state index in [1.165, 1.54) is 27.9 Å². The van der Waals surface area contributed by atoms with E-state index in [0.717, 1.165) is 23.4 Å². The first kappa shape index (κ1) is 20.4. The number of nitrogens with zero attached hydrogens (tertiary/aromatic N) is 3. The molecule has 3 rings (SSSR count). The highest BCUT2D eigenvalue weighted by atomic mass is 19.4. The number of ether oxygens (including phenoxy) is 1. The summed E-state index contributed by atoms with van der Waals surface area (Å²) >= 11 is 0. The summed E-state index contributed by atoms with van der Waals surface area (Å²) in [6, 6.07) is 12.2. The van der Waals surface area contributed by atoms with Gasteiger partial charge in [0.1, 0.15) is 5.75 Å². The van der Waals surface area contributed by atoms with Gasteiger partial charge >= 0.3 is 6.18 Å². The van der Waals surface area contributed by atoms with Crippen molar-refractivity contribution in [2.45, 2.75) is 19.6 Å². The molecule has 0 N–H and O–H groups in total. The first-order valence-electron chi connectivity index (χ1n) is 8.81. The number of alkyl halides is 3. The van der Waals surface area contributed by atoms with Gasteiger partial charge in [0.2, 0.25) is 0 Å². The van der Waals surface area contributed by atoms with Crippen molar-refractivity contribution < 1.29 is 22.7 Å². The monoisotopic (exact) mass is 403 g/mol. The summed E-state index contributed by atoms with van der Waals surface area (Å²) in [5.74, 6) is 0.456. The Hall–Kier alpha value is -3.29. The smallest absolute Gasteiger partial charge is 0.416 e. The highest BCUT2D eigenvalue weighted by Gasteiger charge is 2.31. The lowest BCUT2D eigenvalue weighted by Gasteiger charge is -2.17. The number of amides is 1. The molecule has 0 atom stereocenters. The molecule has 0 spiro atoms. The highest BCUT2D eigenvalue weighted by Crippen LogP contribution is 2.30. The van der Waals surface area contributed by atoms with Gasteiger partial charge in [-0.05, 0) is 42.8 Å². The van der Waals surface area contributed by atoms with Crippen LogP contribution in [-0.2, 0) is 12.7 Å². The fourth-order valence-corrected chi connectivity index (χ4v) is 2.98. The Kier molecular flexibility index (Phi) is 5.63. The molecule has 0 aliphatic heterocycles. The van der Waals surface area contributed by atoms with Gasteiger partial charge in [-0.25, -0.2) is 4.68 Å². The zero-order chi connectivity index (χ0) is 21.2. The summed E-state index contributed by atoms with van der Waals surface area (Å²) < 4.78 is 45.4. The topological polar surface area (TPSA) is 47.4 Å². The van der Waals surface area contributed by atoms with Crippen molar-refractivity contribution >= 4 is 5.91 Å². The third-order valence-corrected chi connectivity index (χ3v) is 4.58. The first-order chi connectivity index (χ1) is 13.7. The SMILES string of the molecule is COc1ccc(CN(C)C(=O)c2cnn(-c3cccc(C(F)(F)F)c3)c2C)cc1. The van der Waals surface area contributed by atoms with Gasteiger partial charge in [0.15, 0.2) is 0 Å². The third-order valence-electron chi connectivity index (χ3n) is 4.58. The second-order valence-corrected chi connectivity index (χ2v) is 6.61. The number of halogens is 3. The van der Waals surface area contributed by atoms with E-state index in [4.69, 9.17) is 4.74 Å². The lowest BCUT2D eigenvalue weighted by Crippen LogP contribution is -2.26. The second kappa shape index (κ2) is 7.98. The van der Waals surface area contributed by atoms with Gasteiger partial charge in [-0.1, -0.05) is 18.2 Å². The van der Waals surface area contributed by atoms with Crippen LogP contribution in [-0.4, -0.2) is 34.7 Å². The predicted octanol–water partition coefficient (Wildman–Crippen LogP) is 4.48. The Morgan fingerprint density at radius 1 is 1.17 bits per heavy atom. The molecule has 29 heavy (non-hydrogen) atoms. The summed E-state index contributed by atoms with van der Waals surface area (Å²) in [5.41, 5.74) is 1.20. The molecule has 2 aromatic carbocycles. The summed E-state index contributed by atoms with van der Waals surface area (Å²) in [5, 5.41) is 4.13. The summed E-state index contributed by atoms with van der Waals surface area (Å²) in [7, 11) is 3.24. The number of rotatable bonds is 5. The van der Waals surface area contributed by atoms with Crippen molar-refractivity contribution in [3.05, 3.63) is 77.1 Å². The van der Waals surface area contributed by atoms with Gasteiger partial charge in [0.05, 0.1) is 35.8 Å². The van der Waals surface area contributed by atoms with Crippen LogP contribution < -0.4 is 4.74 Å². The number of carbonyl (C=O) groups is 1. The van der Waals surface area contributed by atoms with Gasteiger partial charge in [-0.3, -0.25) is 4.79 Å². The summed E-state index contributed by atoms with van der Waals surface area (Å²) in [4.78, 5) is 14.4. The molecule has 8 heteroatoms. The van der Waals surface area contributed by atoms with Crippen molar-refractivity contribution in [2.24, 2.45) is 0 Å². The third kappa shape index (κ3) is 4.42. The number of hydrogen-bond donors (Lipinski definition) is 0. The summed E-state index contributed by atoms with van der Waals surface area (Å²) in [6.45, 7) is 2.03. The van der Waals surface area contributed by atoms with Gasteiger partial charge in [0.25, 0.3) is 5.91 Å². The molecule has 0 radical (unpaired) electrons. The molecular weight excluding hydrogens is 383 g/mol. The number of benzene rings is 2. The minimum Gasteiger partial charge on any atom is -0.497 e. The Morgan fingerprint density at radius 2 is 1.86 bits per heavy atom. The van der Waals surface area contributed by atoms with Crippen LogP contribution in [0.5, 0.6) is 5.75 Å². The molecule has 1 aromatic heterocycles. The highest BCUT2D eigenvalue weighted by molar-refractivity contribution is 5.95. The van der Waals surface area contributed by atoms with Crippen LogP contribution in [0, 0.1) is 6.92 Å². The maximum Gasteiger partial charge on any atom is 0.416 e. The molecule has 0 unspecified atom stereocenters. The predicted molar refractivity (Wildman–Crippen MR) is 102 cm³/mol. The van der Waals surface area contributed by atoms with Crippen LogP contribution in [0.4, 0.5) is 13.2 Å². The van der Waals surface area contributed by atoms with Gasteiger partial charge in [0, 0.05) is 13.6 Å². The Bertz CT molecular complexity index is 1010. The molecule has 0 saturated carbocycles. The number of hydrogen-bond acceptors (Lipinski definition) is 3. The van der Waals surface area contributed by atoms with Gasteiger partial charge < -0.3 is 9.64 Å². The van der Waals surface area contributed by atoms with E-state index in [2.05, 4.69) is 5.10 Å². The first-order valence-corrected chi connectivity index (χ1v) is 8.81. The minimum atomic E-state index is -4.45. The fourth-order valence-electron chi connectivity index (χ4n) is 2.98. The molecule has 0 saturated heterocycles. The zero-order valence-corrected chi connectivity index (χ0v) is 16.2. The van der Waals surface area contributed by atoms with E-state index in [1.807, 2.05) is 24.3 Å². The van der Waals surface area contributed by atoms with Crippen LogP contribution in [0.3, 0.4) is 0 Å². The molecule has 0 fully saturated rings. The van der Waals surface area contributed by atoms with Crippen molar-refractivity contribution in [3.63, 3.8) is 0 Å². The van der Waals surface area contributed by atoms with Crippen LogP contribution in [0.2, 0.25) is 0 Å². The van der Waals surface area contributed by atoms with E-state index in [0.29, 0.717) is 17.8 Å². The number of methoxy groups -OCH3 is 1. The largest absolute Gasteiger partial charge is 0.497 e. The Balaban J connectivity index is 1.81. The van der Waals surface area contributed by atoms with E-state index in [9.17, 15) is 18.0 Å². The maximum absolute atomic E-state index is 13.0. The summed E-state index contributed by atoms with van der Waals surface area (Å²) in [6.07, 6.45) is -3.07. The molecular formula is C21H20F3N3O2. The molecule has 0 bridgehead atoms. The van der Waals surface area contributed by atoms with Crippen molar-refractivity contribution in [1.29, 1.82) is 0 Å². The van der Waals surface area contributed by atoms with Crippen molar-refractivity contribution in [1.82, 2.24) is 14.7 Å². The average molecular weight is 403 g/mol. The number of carbonyl (C=O) groups excluding carboxylic acids is 1.